The number of rotatable bonds is 7. The largest absolute Gasteiger partial charge is 0.497 e. The van der Waals surface area contributed by atoms with E-state index in [-0.39, 0.29) is 18.7 Å². The molecular weight excluding hydrogens is 249 g/mol. The van der Waals surface area contributed by atoms with E-state index in [1.54, 1.807) is 6.07 Å². The van der Waals surface area contributed by atoms with Gasteiger partial charge in [-0.2, -0.15) is 0 Å². The highest BCUT2D eigenvalue weighted by Crippen LogP contribution is 2.18. The minimum absolute atomic E-state index is 0.00496. The zero-order chi connectivity index (χ0) is 14.3. The number of benzene rings is 1. The van der Waals surface area contributed by atoms with E-state index < -0.39 is 11.7 Å². The summed E-state index contributed by atoms with van der Waals surface area (Å²) < 4.78 is 18.7. The Balaban J connectivity index is 2.89. The third kappa shape index (κ3) is 4.21. The number of nitrogens with zero attached hydrogens (tertiary/aromatic N) is 1. The molecular formula is C14H20FNO3. The van der Waals surface area contributed by atoms with Crippen molar-refractivity contribution in [1.82, 2.24) is 4.90 Å². The zero-order valence-electron chi connectivity index (χ0n) is 11.4. The maximum Gasteiger partial charge on any atom is 0.256 e. The summed E-state index contributed by atoms with van der Waals surface area (Å²) in [4.78, 5) is 13.7. The van der Waals surface area contributed by atoms with Crippen LogP contribution in [0.5, 0.6) is 5.75 Å². The summed E-state index contributed by atoms with van der Waals surface area (Å²) in [7, 11) is 1.44. The molecule has 1 aromatic carbocycles. The molecule has 1 rings (SSSR count). The third-order valence-electron chi connectivity index (χ3n) is 2.85. The molecule has 1 N–H and O–H groups in total. The summed E-state index contributed by atoms with van der Waals surface area (Å²) in [6, 6.07) is 4.14. The van der Waals surface area contributed by atoms with Crippen molar-refractivity contribution in [3.8, 4) is 5.75 Å². The van der Waals surface area contributed by atoms with E-state index in [4.69, 9.17) is 9.84 Å². The highest BCUT2D eigenvalue weighted by atomic mass is 19.1. The SMILES string of the molecule is CCCCN(CCO)C(=O)c1ccc(OC)cc1F. The fourth-order valence-corrected chi connectivity index (χ4v) is 1.75. The standard InChI is InChI=1S/C14H20FNO3/c1-3-4-7-16(8-9-17)14(18)12-6-5-11(19-2)10-13(12)15/h5-6,10,17H,3-4,7-9H2,1-2H3. The number of ether oxygens (including phenoxy) is 1. The van der Waals surface area contributed by atoms with Crippen molar-refractivity contribution in [2.45, 2.75) is 19.8 Å². The quantitative estimate of drug-likeness (QED) is 0.824. The lowest BCUT2D eigenvalue weighted by Crippen LogP contribution is -2.35. The lowest BCUT2D eigenvalue weighted by atomic mass is 10.1. The van der Waals surface area contributed by atoms with Gasteiger partial charge in [0.05, 0.1) is 19.3 Å². The Morgan fingerprint density at radius 3 is 2.68 bits per heavy atom. The molecule has 4 nitrogen and oxygen atoms in total. The van der Waals surface area contributed by atoms with E-state index in [0.29, 0.717) is 12.3 Å². The van der Waals surface area contributed by atoms with Crippen molar-refractivity contribution >= 4 is 5.91 Å². The Kier molecular flexibility index (Phi) is 6.29. The van der Waals surface area contributed by atoms with E-state index in [1.165, 1.54) is 24.1 Å². The van der Waals surface area contributed by atoms with Crippen LogP contribution in [-0.4, -0.2) is 42.7 Å². The number of hydrogen-bond acceptors (Lipinski definition) is 3. The van der Waals surface area contributed by atoms with E-state index in [0.717, 1.165) is 12.8 Å². The van der Waals surface area contributed by atoms with Gasteiger partial charge in [-0.05, 0) is 18.6 Å². The molecule has 0 spiro atoms. The number of amides is 1. The monoisotopic (exact) mass is 269 g/mol. The van der Waals surface area contributed by atoms with Crippen molar-refractivity contribution in [3.63, 3.8) is 0 Å². The highest BCUT2D eigenvalue weighted by molar-refractivity contribution is 5.94. The van der Waals surface area contributed by atoms with E-state index in [1.807, 2.05) is 6.92 Å². The number of methoxy groups -OCH3 is 1. The molecule has 0 radical (unpaired) electrons. The Morgan fingerprint density at radius 2 is 2.16 bits per heavy atom. The predicted molar refractivity (Wildman–Crippen MR) is 70.8 cm³/mol. The van der Waals surface area contributed by atoms with Crippen molar-refractivity contribution < 1.29 is 19.0 Å². The fraction of sp³-hybridized carbons (Fsp3) is 0.500. The molecule has 0 aliphatic heterocycles. The third-order valence-corrected chi connectivity index (χ3v) is 2.85. The van der Waals surface area contributed by atoms with E-state index in [2.05, 4.69) is 0 Å². The minimum Gasteiger partial charge on any atom is -0.497 e. The van der Waals surface area contributed by atoms with Crippen molar-refractivity contribution in [1.29, 1.82) is 0 Å². The number of aliphatic hydroxyl groups excluding tert-OH is 1. The second kappa shape index (κ2) is 7.74. The molecule has 1 amide bonds. The van der Waals surface area contributed by atoms with Gasteiger partial charge in [0.25, 0.3) is 5.91 Å². The van der Waals surface area contributed by atoms with Gasteiger partial charge in [0.1, 0.15) is 11.6 Å². The molecule has 0 fully saturated rings. The fourth-order valence-electron chi connectivity index (χ4n) is 1.75. The van der Waals surface area contributed by atoms with Crippen molar-refractivity contribution in [3.05, 3.63) is 29.6 Å². The summed E-state index contributed by atoms with van der Waals surface area (Å²) in [6.45, 7) is 2.61. The predicted octanol–water partition coefficient (Wildman–Crippen LogP) is 2.07. The van der Waals surface area contributed by atoms with Gasteiger partial charge >= 0.3 is 0 Å². The molecule has 0 bridgehead atoms. The Bertz CT molecular complexity index is 423. The Morgan fingerprint density at radius 1 is 1.42 bits per heavy atom. The molecule has 0 saturated carbocycles. The highest BCUT2D eigenvalue weighted by Gasteiger charge is 2.18. The lowest BCUT2D eigenvalue weighted by Gasteiger charge is -2.22. The molecule has 5 heteroatoms. The number of unbranched alkanes of at least 4 members (excludes halogenated alkanes) is 1. The van der Waals surface area contributed by atoms with E-state index >= 15 is 0 Å². The van der Waals surface area contributed by atoms with Crippen LogP contribution in [0.1, 0.15) is 30.1 Å². The first-order valence-electron chi connectivity index (χ1n) is 6.37. The van der Waals surface area contributed by atoms with Crippen molar-refractivity contribution in [2.75, 3.05) is 26.8 Å². The van der Waals surface area contributed by atoms with Gasteiger partial charge in [-0.25, -0.2) is 4.39 Å². The van der Waals surface area contributed by atoms with Crippen LogP contribution in [-0.2, 0) is 0 Å². The van der Waals surface area contributed by atoms with Gasteiger partial charge in [-0.3, -0.25) is 4.79 Å². The van der Waals surface area contributed by atoms with Gasteiger partial charge < -0.3 is 14.7 Å². The van der Waals surface area contributed by atoms with Crippen LogP contribution in [0.4, 0.5) is 4.39 Å². The van der Waals surface area contributed by atoms with Gasteiger partial charge in [0.15, 0.2) is 0 Å². The first-order chi connectivity index (χ1) is 9.13. The average Bonchev–Trinajstić information content (AvgIpc) is 2.42. The van der Waals surface area contributed by atoms with Gasteiger partial charge in [0.2, 0.25) is 0 Å². The first-order valence-corrected chi connectivity index (χ1v) is 6.37. The number of halogens is 1. The van der Waals surface area contributed by atoms with Crippen LogP contribution in [0, 0.1) is 5.82 Å². The van der Waals surface area contributed by atoms with Crippen LogP contribution in [0.3, 0.4) is 0 Å². The summed E-state index contributed by atoms with van der Waals surface area (Å²) in [6.07, 6.45) is 1.75. The zero-order valence-corrected chi connectivity index (χ0v) is 11.4. The average molecular weight is 269 g/mol. The number of carbonyl (C=O) groups is 1. The molecule has 19 heavy (non-hydrogen) atoms. The summed E-state index contributed by atoms with van der Waals surface area (Å²) in [5.41, 5.74) is 0.00496. The molecule has 0 unspecified atom stereocenters. The minimum atomic E-state index is -0.608. The molecule has 0 atom stereocenters. The van der Waals surface area contributed by atoms with Crippen LogP contribution in [0.2, 0.25) is 0 Å². The molecule has 0 saturated heterocycles. The Labute approximate surface area is 112 Å². The Hall–Kier alpha value is -1.62. The summed E-state index contributed by atoms with van der Waals surface area (Å²) in [5, 5.41) is 8.98. The molecule has 1 aromatic rings. The smallest absolute Gasteiger partial charge is 0.256 e. The van der Waals surface area contributed by atoms with Crippen LogP contribution in [0.15, 0.2) is 18.2 Å². The first kappa shape index (κ1) is 15.4. The van der Waals surface area contributed by atoms with Crippen LogP contribution in [0.25, 0.3) is 0 Å². The maximum absolute atomic E-state index is 13.8. The number of carbonyl (C=O) groups excluding carboxylic acids is 1. The van der Waals surface area contributed by atoms with Crippen molar-refractivity contribution in [2.24, 2.45) is 0 Å². The summed E-state index contributed by atoms with van der Waals surface area (Å²) >= 11 is 0. The second-order valence-corrected chi connectivity index (χ2v) is 4.22. The maximum atomic E-state index is 13.8. The number of hydrogen-bond donors (Lipinski definition) is 1. The molecule has 0 aliphatic rings. The second-order valence-electron chi connectivity index (χ2n) is 4.22. The van der Waals surface area contributed by atoms with Gasteiger partial charge in [0, 0.05) is 19.2 Å². The molecule has 0 heterocycles. The van der Waals surface area contributed by atoms with Crippen LogP contribution < -0.4 is 4.74 Å². The normalized spacial score (nSPS) is 10.3. The van der Waals surface area contributed by atoms with Gasteiger partial charge in [-0.1, -0.05) is 13.3 Å². The summed E-state index contributed by atoms with van der Waals surface area (Å²) in [5.74, 6) is -0.636. The number of aliphatic hydroxyl groups is 1. The topological polar surface area (TPSA) is 49.8 Å². The molecule has 0 aliphatic carbocycles. The lowest BCUT2D eigenvalue weighted by molar-refractivity contribution is 0.0714. The molecule has 0 aromatic heterocycles. The van der Waals surface area contributed by atoms with E-state index in [9.17, 15) is 9.18 Å². The van der Waals surface area contributed by atoms with Gasteiger partial charge in [-0.15, -0.1) is 0 Å². The van der Waals surface area contributed by atoms with Crippen LogP contribution >= 0.6 is 0 Å². The molecule has 106 valence electrons.